The standard InChI is InChI=1S/C57H42F3N3/c1-35-15-13-20-41(29-35)47-32-44(56-61-50(39-16-7-5-8-17-39)34-51(62-56)40-18-9-6-10-19-40)33-48(42-21-14-22-45(30-42)57(58,59)60)55(47)63-52-24-12-11-23-46(52)49-31-43(25-26-53(49)63)54-37(3)27-36(2)28-38(54)4/h5-34H,1-4H3. The average Bonchev–Trinajstić information content (AvgIpc) is 3.62. The highest BCUT2D eigenvalue weighted by Crippen LogP contribution is 2.46. The highest BCUT2D eigenvalue weighted by molar-refractivity contribution is 6.12. The zero-order valence-electron chi connectivity index (χ0n) is 35.3. The Kier molecular flexibility index (Phi) is 9.87. The van der Waals surface area contributed by atoms with Gasteiger partial charge in [-0.05, 0) is 110 Å². The maximum absolute atomic E-state index is 14.6. The molecule has 0 fully saturated rings. The van der Waals surface area contributed by atoms with Gasteiger partial charge in [0.2, 0.25) is 0 Å². The van der Waals surface area contributed by atoms with Crippen LogP contribution >= 0.6 is 0 Å². The molecule has 0 atom stereocenters. The molecule has 0 aliphatic heterocycles. The van der Waals surface area contributed by atoms with Crippen molar-refractivity contribution in [3.63, 3.8) is 0 Å². The second-order valence-corrected chi connectivity index (χ2v) is 16.4. The van der Waals surface area contributed by atoms with Crippen molar-refractivity contribution in [1.29, 1.82) is 0 Å². The summed E-state index contributed by atoms with van der Waals surface area (Å²) in [6, 6.07) is 59.2. The van der Waals surface area contributed by atoms with E-state index in [-0.39, 0.29) is 0 Å². The van der Waals surface area contributed by atoms with E-state index in [0.29, 0.717) is 22.5 Å². The van der Waals surface area contributed by atoms with Crippen LogP contribution in [0.3, 0.4) is 0 Å². The summed E-state index contributed by atoms with van der Waals surface area (Å²) in [7, 11) is 0. The van der Waals surface area contributed by atoms with Crippen molar-refractivity contribution in [2.45, 2.75) is 33.9 Å². The van der Waals surface area contributed by atoms with Gasteiger partial charge in [-0.2, -0.15) is 13.2 Å². The van der Waals surface area contributed by atoms with Crippen molar-refractivity contribution in [2.75, 3.05) is 0 Å². The maximum Gasteiger partial charge on any atom is 0.416 e. The summed E-state index contributed by atoms with van der Waals surface area (Å²) in [5.74, 6) is 0.458. The van der Waals surface area contributed by atoms with Crippen LogP contribution in [0.1, 0.15) is 27.8 Å². The quantitative estimate of drug-likeness (QED) is 0.160. The van der Waals surface area contributed by atoms with Crippen LogP contribution in [-0.4, -0.2) is 14.5 Å². The molecule has 306 valence electrons. The van der Waals surface area contributed by atoms with Gasteiger partial charge in [0.1, 0.15) is 0 Å². The van der Waals surface area contributed by atoms with Gasteiger partial charge in [0.25, 0.3) is 0 Å². The molecule has 0 N–H and O–H groups in total. The Morgan fingerprint density at radius 3 is 1.59 bits per heavy atom. The topological polar surface area (TPSA) is 30.7 Å². The Bertz CT molecular complexity index is 3280. The van der Waals surface area contributed by atoms with E-state index in [9.17, 15) is 13.2 Å². The second kappa shape index (κ2) is 15.7. The first-order valence-corrected chi connectivity index (χ1v) is 21.0. The highest BCUT2D eigenvalue weighted by atomic mass is 19.4. The van der Waals surface area contributed by atoms with Crippen LogP contribution in [0.2, 0.25) is 0 Å². The van der Waals surface area contributed by atoms with E-state index in [1.807, 2.05) is 91.0 Å². The van der Waals surface area contributed by atoms with Gasteiger partial charge in [-0.25, -0.2) is 9.97 Å². The summed E-state index contributed by atoms with van der Waals surface area (Å²) in [5, 5.41) is 2.08. The predicted octanol–water partition coefficient (Wildman–Crippen LogP) is 15.8. The molecule has 10 aromatic rings. The Hall–Kier alpha value is -7.57. The van der Waals surface area contributed by atoms with Crippen molar-refractivity contribution in [2.24, 2.45) is 0 Å². The first-order valence-electron chi connectivity index (χ1n) is 21.0. The SMILES string of the molecule is Cc1cccc(-c2cc(-c3nc(-c4ccccc4)cc(-c4ccccc4)n3)cc(-c3cccc(C(F)(F)F)c3)c2-n2c3ccccc3c3cc(-c4c(C)cc(C)cc4C)ccc32)c1. The molecule has 6 heteroatoms. The third kappa shape index (κ3) is 7.38. The smallest absolute Gasteiger partial charge is 0.308 e. The number of fused-ring (bicyclic) bond motifs is 3. The van der Waals surface area contributed by atoms with Gasteiger partial charge in [-0.3, -0.25) is 0 Å². The third-order valence-electron chi connectivity index (χ3n) is 11.9. The first kappa shape index (κ1) is 39.6. The number of hydrogen-bond acceptors (Lipinski definition) is 2. The van der Waals surface area contributed by atoms with E-state index in [4.69, 9.17) is 9.97 Å². The molecule has 0 saturated carbocycles. The van der Waals surface area contributed by atoms with Crippen LogP contribution < -0.4 is 0 Å². The van der Waals surface area contributed by atoms with Gasteiger partial charge in [0.15, 0.2) is 5.82 Å². The van der Waals surface area contributed by atoms with Crippen LogP contribution in [0.4, 0.5) is 13.2 Å². The minimum Gasteiger partial charge on any atom is -0.308 e. The van der Waals surface area contributed by atoms with Gasteiger partial charge in [-0.15, -0.1) is 0 Å². The summed E-state index contributed by atoms with van der Waals surface area (Å²) in [5.41, 5.74) is 15.6. The summed E-state index contributed by atoms with van der Waals surface area (Å²) in [6.45, 7) is 8.48. The fraction of sp³-hybridized carbons (Fsp3) is 0.0877. The molecule has 0 amide bonds. The van der Waals surface area contributed by atoms with Crippen molar-refractivity contribution in [3.05, 3.63) is 210 Å². The molecule has 10 rings (SSSR count). The van der Waals surface area contributed by atoms with E-state index >= 15 is 0 Å². The van der Waals surface area contributed by atoms with Crippen LogP contribution in [0.5, 0.6) is 0 Å². The van der Waals surface area contributed by atoms with Gasteiger partial charge in [-0.1, -0.05) is 145 Å². The van der Waals surface area contributed by atoms with Crippen molar-refractivity contribution in [3.8, 4) is 73.0 Å². The molecule has 0 bridgehead atoms. The number of para-hydroxylation sites is 1. The maximum atomic E-state index is 14.6. The van der Waals surface area contributed by atoms with E-state index in [1.165, 1.54) is 34.4 Å². The molecule has 0 saturated heterocycles. The normalized spacial score (nSPS) is 11.7. The minimum absolute atomic E-state index is 0.423. The number of aryl methyl sites for hydroxylation is 4. The number of nitrogens with zero attached hydrogens (tertiary/aromatic N) is 3. The molecule has 0 aliphatic carbocycles. The third-order valence-corrected chi connectivity index (χ3v) is 11.9. The van der Waals surface area contributed by atoms with Crippen molar-refractivity contribution in [1.82, 2.24) is 14.5 Å². The number of alkyl halides is 3. The van der Waals surface area contributed by atoms with Crippen LogP contribution in [0.25, 0.3) is 94.8 Å². The molecular weight excluding hydrogens is 784 g/mol. The molecule has 2 heterocycles. The minimum atomic E-state index is -4.56. The number of rotatable bonds is 7. The second-order valence-electron chi connectivity index (χ2n) is 16.4. The lowest BCUT2D eigenvalue weighted by Gasteiger charge is -2.22. The lowest BCUT2D eigenvalue weighted by Crippen LogP contribution is -2.06. The summed E-state index contributed by atoms with van der Waals surface area (Å²) in [6.07, 6.45) is -4.56. The highest BCUT2D eigenvalue weighted by Gasteiger charge is 2.31. The monoisotopic (exact) mass is 825 g/mol. The molecule has 63 heavy (non-hydrogen) atoms. The Balaban J connectivity index is 1.33. The molecule has 0 aliphatic rings. The molecule has 0 spiro atoms. The fourth-order valence-corrected chi connectivity index (χ4v) is 9.21. The van der Waals surface area contributed by atoms with Crippen LogP contribution in [-0.2, 0) is 6.18 Å². The zero-order valence-corrected chi connectivity index (χ0v) is 35.3. The molecule has 3 nitrogen and oxygen atoms in total. The van der Waals surface area contributed by atoms with Gasteiger partial charge >= 0.3 is 6.18 Å². The lowest BCUT2D eigenvalue weighted by molar-refractivity contribution is -0.137. The van der Waals surface area contributed by atoms with Gasteiger partial charge in [0, 0.05) is 38.6 Å². The number of halogens is 3. The first-order chi connectivity index (χ1) is 30.5. The average molecular weight is 826 g/mol. The van der Waals surface area contributed by atoms with E-state index < -0.39 is 11.7 Å². The van der Waals surface area contributed by atoms with Crippen LogP contribution in [0.15, 0.2) is 182 Å². The molecular formula is C57H42F3N3. The summed E-state index contributed by atoms with van der Waals surface area (Å²) in [4.78, 5) is 10.4. The Morgan fingerprint density at radius 1 is 0.413 bits per heavy atom. The number of hydrogen-bond donors (Lipinski definition) is 0. The fourth-order valence-electron chi connectivity index (χ4n) is 9.21. The molecule has 0 radical (unpaired) electrons. The van der Waals surface area contributed by atoms with E-state index in [1.54, 1.807) is 6.07 Å². The van der Waals surface area contributed by atoms with Gasteiger partial charge in [0.05, 0.1) is 33.7 Å². The summed E-state index contributed by atoms with van der Waals surface area (Å²) >= 11 is 0. The van der Waals surface area contributed by atoms with E-state index in [2.05, 4.69) is 99.0 Å². The Labute approximate surface area is 364 Å². The largest absolute Gasteiger partial charge is 0.416 e. The van der Waals surface area contributed by atoms with Crippen molar-refractivity contribution < 1.29 is 13.2 Å². The molecule has 2 aromatic heterocycles. The molecule has 8 aromatic carbocycles. The lowest BCUT2D eigenvalue weighted by atomic mass is 9.91. The van der Waals surface area contributed by atoms with E-state index in [0.717, 1.165) is 78.3 Å². The van der Waals surface area contributed by atoms with Crippen molar-refractivity contribution >= 4 is 21.8 Å². The predicted molar refractivity (Wildman–Crippen MR) is 253 cm³/mol. The Morgan fingerprint density at radius 2 is 0.968 bits per heavy atom. The molecule has 0 unspecified atom stereocenters. The number of benzene rings is 8. The zero-order chi connectivity index (χ0) is 43.4. The van der Waals surface area contributed by atoms with Gasteiger partial charge < -0.3 is 4.57 Å². The number of aromatic nitrogens is 3. The summed E-state index contributed by atoms with van der Waals surface area (Å²) < 4.78 is 46.2. The van der Waals surface area contributed by atoms with Crippen LogP contribution in [0, 0.1) is 27.7 Å².